The molecule has 0 spiro atoms. The lowest BCUT2D eigenvalue weighted by atomic mass is 10.5. The molecule has 0 radical (unpaired) electrons. The summed E-state index contributed by atoms with van der Waals surface area (Å²) < 4.78 is 0. The van der Waals surface area contributed by atoms with E-state index in [1.807, 2.05) is 0 Å². The van der Waals surface area contributed by atoms with E-state index >= 15 is 0 Å². The van der Waals surface area contributed by atoms with Crippen LogP contribution in [-0.4, -0.2) is 4.83 Å². The minimum atomic E-state index is 0.0394. The van der Waals surface area contributed by atoms with Crippen molar-refractivity contribution in [3.05, 3.63) is 12.7 Å². The van der Waals surface area contributed by atoms with Gasteiger partial charge in [-0.3, -0.25) is 0 Å². The third-order valence-corrected chi connectivity index (χ3v) is 1.00. The number of alkyl halides is 1. The molecule has 0 saturated heterocycles. The first-order valence-electron chi connectivity index (χ1n) is 1.54. The molecule has 0 aromatic heterocycles. The van der Waals surface area contributed by atoms with E-state index in [2.05, 4.69) is 28.4 Å². The summed E-state index contributed by atoms with van der Waals surface area (Å²) in [7, 11) is 0. The van der Waals surface area contributed by atoms with E-state index in [9.17, 15) is 0 Å². The largest absolute Gasteiger partial charge is 0.119 e. The van der Waals surface area contributed by atoms with Gasteiger partial charge in [0.15, 0.2) is 0 Å². The van der Waals surface area contributed by atoms with E-state index in [-0.39, 0.29) is 4.83 Å². The van der Waals surface area contributed by atoms with Crippen LogP contribution in [-0.2, 0) is 0 Å². The topological polar surface area (TPSA) is 0 Å². The lowest BCUT2D eigenvalue weighted by Gasteiger charge is -1.82. The van der Waals surface area contributed by atoms with Crippen LogP contribution in [0.3, 0.4) is 0 Å². The van der Waals surface area contributed by atoms with E-state index in [1.165, 1.54) is 0 Å². The highest BCUT2D eigenvalue weighted by Crippen LogP contribution is 1.94. The third-order valence-electron chi connectivity index (χ3n) is 0.366. The highest BCUT2D eigenvalue weighted by Gasteiger charge is 1.82. The van der Waals surface area contributed by atoms with Crippen molar-refractivity contribution < 1.29 is 0 Å². The van der Waals surface area contributed by atoms with E-state index in [4.69, 9.17) is 6.42 Å². The molecule has 0 amide bonds. The SMILES string of the molecule is C#CC(Br)C=C. The van der Waals surface area contributed by atoms with Gasteiger partial charge >= 0.3 is 0 Å². The van der Waals surface area contributed by atoms with Crippen LogP contribution in [0, 0.1) is 12.3 Å². The van der Waals surface area contributed by atoms with Crippen LogP contribution in [0.15, 0.2) is 12.7 Å². The van der Waals surface area contributed by atoms with Gasteiger partial charge in [-0.05, 0) is 0 Å². The fourth-order valence-corrected chi connectivity index (χ4v) is 0.0680. The molecule has 0 N–H and O–H groups in total. The molecular weight excluding hydrogens is 140 g/mol. The number of terminal acetylenes is 1. The molecule has 6 heavy (non-hydrogen) atoms. The number of hydrogen-bond acceptors (Lipinski definition) is 0. The predicted molar refractivity (Wildman–Crippen MR) is 31.7 cm³/mol. The van der Waals surface area contributed by atoms with Crippen LogP contribution in [0.5, 0.6) is 0 Å². The second-order valence-electron chi connectivity index (χ2n) is 0.804. The number of allylic oxidation sites excluding steroid dienone is 1. The Balaban J connectivity index is 3.30. The first kappa shape index (κ1) is 5.78. The Hall–Kier alpha value is -0.220. The Morgan fingerprint density at radius 2 is 2.50 bits per heavy atom. The normalized spacial score (nSPS) is 12.0. The first-order valence-corrected chi connectivity index (χ1v) is 2.45. The van der Waals surface area contributed by atoms with Crippen molar-refractivity contribution in [1.29, 1.82) is 0 Å². The Labute approximate surface area is 46.4 Å². The van der Waals surface area contributed by atoms with Gasteiger partial charge in [0.2, 0.25) is 0 Å². The number of rotatable bonds is 1. The van der Waals surface area contributed by atoms with Crippen molar-refractivity contribution in [2.45, 2.75) is 4.83 Å². The summed E-state index contributed by atoms with van der Waals surface area (Å²) >= 11 is 3.12. The van der Waals surface area contributed by atoms with E-state index in [1.54, 1.807) is 6.08 Å². The van der Waals surface area contributed by atoms with Gasteiger partial charge in [-0.25, -0.2) is 0 Å². The maximum atomic E-state index is 4.91. The first-order chi connectivity index (χ1) is 2.81. The molecule has 1 atom stereocenters. The van der Waals surface area contributed by atoms with Gasteiger partial charge in [-0.1, -0.05) is 27.9 Å². The molecule has 0 heterocycles. The molecule has 0 aliphatic heterocycles. The molecule has 0 saturated carbocycles. The number of hydrogen-bond donors (Lipinski definition) is 0. The van der Waals surface area contributed by atoms with Crippen LogP contribution >= 0.6 is 15.9 Å². The fourth-order valence-electron chi connectivity index (χ4n) is 0.0680. The summed E-state index contributed by atoms with van der Waals surface area (Å²) in [6.45, 7) is 3.44. The van der Waals surface area contributed by atoms with Gasteiger partial charge in [0.1, 0.15) is 0 Å². The molecule has 0 aromatic rings. The molecule has 1 heteroatoms. The zero-order valence-electron chi connectivity index (χ0n) is 3.32. The Morgan fingerprint density at radius 3 is 2.50 bits per heavy atom. The molecule has 32 valence electrons. The van der Waals surface area contributed by atoms with Crippen LogP contribution < -0.4 is 0 Å². The molecule has 1 unspecified atom stereocenters. The van der Waals surface area contributed by atoms with Crippen LogP contribution in [0.25, 0.3) is 0 Å². The average molecular weight is 145 g/mol. The van der Waals surface area contributed by atoms with Crippen LogP contribution in [0.1, 0.15) is 0 Å². The van der Waals surface area contributed by atoms with Crippen molar-refractivity contribution in [1.82, 2.24) is 0 Å². The third kappa shape index (κ3) is 2.04. The Bertz CT molecular complexity index is 78.4. The molecule has 0 aliphatic carbocycles. The monoisotopic (exact) mass is 144 g/mol. The molecule has 0 aromatic carbocycles. The predicted octanol–water partition coefficient (Wildman–Crippen LogP) is 1.57. The van der Waals surface area contributed by atoms with Gasteiger partial charge in [-0.2, -0.15) is 0 Å². The standard InChI is InChI=1S/C5H5Br/c1-3-5(6)4-2/h1,4-5H,2H2. The lowest BCUT2D eigenvalue weighted by molar-refractivity contribution is 1.55. The smallest absolute Gasteiger partial charge is 0.0929 e. The zero-order chi connectivity index (χ0) is 4.99. The van der Waals surface area contributed by atoms with Gasteiger partial charge in [0.05, 0.1) is 4.83 Å². The van der Waals surface area contributed by atoms with Crippen molar-refractivity contribution >= 4 is 15.9 Å². The maximum absolute atomic E-state index is 4.91. The van der Waals surface area contributed by atoms with Gasteiger partial charge in [0, 0.05) is 0 Å². The summed E-state index contributed by atoms with van der Waals surface area (Å²) in [5.41, 5.74) is 0. The van der Waals surface area contributed by atoms with Crippen LogP contribution in [0.2, 0.25) is 0 Å². The van der Waals surface area contributed by atoms with E-state index < -0.39 is 0 Å². The molecule has 0 nitrogen and oxygen atoms in total. The Morgan fingerprint density at radius 1 is 2.00 bits per heavy atom. The van der Waals surface area contributed by atoms with Crippen molar-refractivity contribution in [2.75, 3.05) is 0 Å². The van der Waals surface area contributed by atoms with E-state index in [0.717, 1.165) is 0 Å². The fraction of sp³-hybridized carbons (Fsp3) is 0.200. The maximum Gasteiger partial charge on any atom is 0.0929 e. The van der Waals surface area contributed by atoms with Gasteiger partial charge in [-0.15, -0.1) is 13.0 Å². The van der Waals surface area contributed by atoms with Crippen molar-refractivity contribution in [3.8, 4) is 12.3 Å². The molecule has 0 fully saturated rings. The molecular formula is C5H5Br. The average Bonchev–Trinajstić information content (AvgIpc) is 1.65. The summed E-state index contributed by atoms with van der Waals surface area (Å²) in [5, 5.41) is 0. The number of halogens is 1. The summed E-state index contributed by atoms with van der Waals surface area (Å²) in [6.07, 6.45) is 6.57. The molecule has 0 aliphatic rings. The van der Waals surface area contributed by atoms with E-state index in [0.29, 0.717) is 0 Å². The summed E-state index contributed by atoms with van der Waals surface area (Å²) in [5.74, 6) is 2.41. The highest BCUT2D eigenvalue weighted by atomic mass is 79.9. The van der Waals surface area contributed by atoms with Crippen LogP contribution in [0.4, 0.5) is 0 Å². The highest BCUT2D eigenvalue weighted by molar-refractivity contribution is 9.09. The minimum absolute atomic E-state index is 0.0394. The van der Waals surface area contributed by atoms with Crippen molar-refractivity contribution in [3.63, 3.8) is 0 Å². The Kier molecular flexibility index (Phi) is 2.88. The van der Waals surface area contributed by atoms with Crippen molar-refractivity contribution in [2.24, 2.45) is 0 Å². The second kappa shape index (κ2) is 2.99. The summed E-state index contributed by atoms with van der Waals surface area (Å²) in [6, 6.07) is 0. The quantitative estimate of drug-likeness (QED) is 0.298. The zero-order valence-corrected chi connectivity index (χ0v) is 4.90. The molecule has 0 bridgehead atoms. The second-order valence-corrected chi connectivity index (χ2v) is 1.79. The van der Waals surface area contributed by atoms with Gasteiger partial charge < -0.3 is 0 Å². The van der Waals surface area contributed by atoms with Gasteiger partial charge in [0.25, 0.3) is 0 Å². The lowest BCUT2D eigenvalue weighted by Crippen LogP contribution is -1.79. The summed E-state index contributed by atoms with van der Waals surface area (Å²) in [4.78, 5) is 0.0394. The molecule has 0 rings (SSSR count). The minimum Gasteiger partial charge on any atom is -0.119 e.